The topological polar surface area (TPSA) is 118 Å². The van der Waals surface area contributed by atoms with Gasteiger partial charge in [0.2, 0.25) is 0 Å². The van der Waals surface area contributed by atoms with Gasteiger partial charge in [-0.15, -0.1) is 0 Å². The molecule has 4 aromatic rings. The van der Waals surface area contributed by atoms with E-state index in [4.69, 9.17) is 10.7 Å². The minimum Gasteiger partial charge on any atom is -0.382 e. The SMILES string of the molecule is CC.CCc1[nH]c(-c2nc(N)c3[nH]c(=O)n(Cc4ccccc4)c3n2)nc1C1CC1. The van der Waals surface area contributed by atoms with E-state index in [1.807, 2.05) is 44.2 Å². The van der Waals surface area contributed by atoms with Gasteiger partial charge in [-0.3, -0.25) is 4.57 Å². The third kappa shape index (κ3) is 3.60. The van der Waals surface area contributed by atoms with Crippen LogP contribution in [0.5, 0.6) is 0 Å². The lowest BCUT2D eigenvalue weighted by Gasteiger charge is -2.05. The largest absolute Gasteiger partial charge is 0.382 e. The summed E-state index contributed by atoms with van der Waals surface area (Å²) in [6.45, 7) is 6.51. The molecule has 0 unspecified atom stereocenters. The molecule has 1 aromatic carbocycles. The Morgan fingerprint density at radius 2 is 1.83 bits per heavy atom. The molecule has 1 fully saturated rings. The molecular weight excluding hydrogens is 378 g/mol. The van der Waals surface area contributed by atoms with E-state index in [0.29, 0.717) is 35.3 Å². The summed E-state index contributed by atoms with van der Waals surface area (Å²) in [6.07, 6.45) is 3.22. The number of H-pyrrole nitrogens is 2. The molecule has 0 bridgehead atoms. The lowest BCUT2D eigenvalue weighted by Crippen LogP contribution is -2.17. The van der Waals surface area contributed by atoms with Gasteiger partial charge in [-0.1, -0.05) is 51.1 Å². The highest BCUT2D eigenvalue weighted by molar-refractivity contribution is 5.83. The number of hydrogen-bond donors (Lipinski definition) is 3. The molecule has 1 aliphatic carbocycles. The molecule has 0 aliphatic heterocycles. The number of aromatic nitrogens is 6. The van der Waals surface area contributed by atoms with E-state index < -0.39 is 0 Å². The summed E-state index contributed by atoms with van der Waals surface area (Å²) in [6, 6.07) is 9.77. The van der Waals surface area contributed by atoms with Gasteiger partial charge >= 0.3 is 5.69 Å². The van der Waals surface area contributed by atoms with Crippen LogP contribution < -0.4 is 11.4 Å². The Morgan fingerprint density at radius 3 is 2.50 bits per heavy atom. The molecule has 4 N–H and O–H groups in total. The van der Waals surface area contributed by atoms with E-state index in [-0.39, 0.29) is 11.5 Å². The monoisotopic (exact) mass is 405 g/mol. The number of hydrogen-bond acceptors (Lipinski definition) is 5. The zero-order chi connectivity index (χ0) is 21.3. The first-order chi connectivity index (χ1) is 14.6. The molecule has 1 aliphatic rings. The van der Waals surface area contributed by atoms with Crippen molar-refractivity contribution in [1.29, 1.82) is 0 Å². The molecule has 1 saturated carbocycles. The fourth-order valence-electron chi connectivity index (χ4n) is 3.56. The zero-order valence-electron chi connectivity index (χ0n) is 17.6. The minimum atomic E-state index is -0.260. The number of rotatable bonds is 5. The molecule has 0 atom stereocenters. The lowest BCUT2D eigenvalue weighted by molar-refractivity contribution is 0.777. The highest BCUT2D eigenvalue weighted by Crippen LogP contribution is 2.41. The normalized spacial score (nSPS) is 13.3. The Kier molecular flexibility index (Phi) is 5.39. The van der Waals surface area contributed by atoms with Crippen molar-refractivity contribution >= 4 is 17.0 Å². The van der Waals surface area contributed by atoms with Crippen molar-refractivity contribution in [1.82, 2.24) is 29.5 Å². The van der Waals surface area contributed by atoms with Crippen molar-refractivity contribution < 1.29 is 0 Å². The molecular formula is C22H27N7O. The predicted octanol–water partition coefficient (Wildman–Crippen LogP) is 3.61. The number of nitrogen functional groups attached to an aromatic ring is 1. The van der Waals surface area contributed by atoms with Crippen LogP contribution in [0.3, 0.4) is 0 Å². The van der Waals surface area contributed by atoms with Gasteiger partial charge in [0.25, 0.3) is 0 Å². The maximum Gasteiger partial charge on any atom is 0.328 e. The Hall–Kier alpha value is -3.42. The molecule has 0 spiro atoms. The minimum absolute atomic E-state index is 0.242. The number of fused-ring (bicyclic) bond motifs is 1. The van der Waals surface area contributed by atoms with Crippen LogP contribution in [0.1, 0.15) is 56.5 Å². The number of benzene rings is 1. The van der Waals surface area contributed by atoms with Crippen LogP contribution in [-0.2, 0) is 13.0 Å². The number of nitrogens with zero attached hydrogens (tertiary/aromatic N) is 4. The third-order valence-corrected chi connectivity index (χ3v) is 5.17. The summed E-state index contributed by atoms with van der Waals surface area (Å²) in [5.74, 6) is 1.79. The Labute approximate surface area is 174 Å². The van der Waals surface area contributed by atoms with Gasteiger partial charge < -0.3 is 15.7 Å². The number of nitrogens with one attached hydrogen (secondary N) is 2. The van der Waals surface area contributed by atoms with Gasteiger partial charge in [0, 0.05) is 11.6 Å². The van der Waals surface area contributed by atoms with Crippen molar-refractivity contribution in [2.24, 2.45) is 0 Å². The van der Waals surface area contributed by atoms with Crippen molar-refractivity contribution in [2.45, 2.75) is 52.5 Å². The van der Waals surface area contributed by atoms with Gasteiger partial charge in [-0.25, -0.2) is 19.7 Å². The van der Waals surface area contributed by atoms with Gasteiger partial charge in [-0.05, 0) is 24.8 Å². The molecule has 3 aromatic heterocycles. The standard InChI is InChI=1S/C20H21N7O.C2H6/c1-2-13-14(12-8-9-12)23-17(22-13)18-25-16(21)15-19(26-18)27(20(28)24-15)10-11-6-4-3-5-7-11;1-2/h3-7,12H,2,8-10H2,1H3,(H,22,23)(H,24,28)(H2,21,25,26);1-2H3. The number of nitrogens with two attached hydrogens (primary N) is 1. The second-order valence-corrected chi connectivity index (χ2v) is 7.21. The van der Waals surface area contributed by atoms with Crippen LogP contribution in [0, 0.1) is 0 Å². The molecule has 3 heterocycles. The average Bonchev–Trinajstić information content (AvgIpc) is 3.45. The van der Waals surface area contributed by atoms with Crippen LogP contribution >= 0.6 is 0 Å². The zero-order valence-corrected chi connectivity index (χ0v) is 17.6. The van der Waals surface area contributed by atoms with Crippen molar-refractivity contribution in [2.75, 3.05) is 5.73 Å². The third-order valence-electron chi connectivity index (χ3n) is 5.17. The molecule has 30 heavy (non-hydrogen) atoms. The number of aromatic amines is 2. The maximum atomic E-state index is 12.5. The number of anilines is 1. The summed E-state index contributed by atoms with van der Waals surface area (Å²) in [7, 11) is 0. The second kappa shape index (κ2) is 8.14. The highest BCUT2D eigenvalue weighted by atomic mass is 16.1. The summed E-state index contributed by atoms with van der Waals surface area (Å²) < 4.78 is 1.58. The molecule has 0 saturated heterocycles. The Balaban J connectivity index is 0.00000106. The van der Waals surface area contributed by atoms with Gasteiger partial charge in [0.05, 0.1) is 12.2 Å². The molecule has 8 heteroatoms. The average molecular weight is 406 g/mol. The first-order valence-corrected chi connectivity index (χ1v) is 10.5. The summed E-state index contributed by atoms with van der Waals surface area (Å²) in [5.41, 5.74) is 10.1. The second-order valence-electron chi connectivity index (χ2n) is 7.21. The van der Waals surface area contributed by atoms with Gasteiger partial charge in [-0.2, -0.15) is 0 Å². The van der Waals surface area contributed by atoms with Crippen LogP contribution in [0.25, 0.3) is 22.8 Å². The number of imidazole rings is 2. The lowest BCUT2D eigenvalue weighted by atomic mass is 10.2. The molecule has 156 valence electrons. The summed E-state index contributed by atoms with van der Waals surface area (Å²) in [5, 5.41) is 0. The number of aryl methyl sites for hydroxylation is 1. The highest BCUT2D eigenvalue weighted by Gasteiger charge is 2.29. The van der Waals surface area contributed by atoms with E-state index in [1.54, 1.807) is 4.57 Å². The van der Waals surface area contributed by atoms with E-state index >= 15 is 0 Å². The van der Waals surface area contributed by atoms with Gasteiger partial charge in [0.15, 0.2) is 23.1 Å². The van der Waals surface area contributed by atoms with Crippen LogP contribution in [-0.4, -0.2) is 29.5 Å². The Bertz CT molecular complexity index is 1220. The molecule has 8 nitrogen and oxygen atoms in total. The Morgan fingerprint density at radius 1 is 1.10 bits per heavy atom. The fourth-order valence-corrected chi connectivity index (χ4v) is 3.56. The molecule has 0 amide bonds. The summed E-state index contributed by atoms with van der Waals surface area (Å²) in [4.78, 5) is 32.4. The first kappa shape index (κ1) is 19.9. The van der Waals surface area contributed by atoms with E-state index in [1.165, 1.54) is 12.8 Å². The van der Waals surface area contributed by atoms with E-state index in [2.05, 4.69) is 26.9 Å². The molecule has 0 radical (unpaired) electrons. The first-order valence-electron chi connectivity index (χ1n) is 10.5. The quantitative estimate of drug-likeness (QED) is 0.469. The fraction of sp³-hybridized carbons (Fsp3) is 0.364. The smallest absolute Gasteiger partial charge is 0.328 e. The summed E-state index contributed by atoms with van der Waals surface area (Å²) >= 11 is 0. The van der Waals surface area contributed by atoms with Gasteiger partial charge in [0.1, 0.15) is 5.52 Å². The van der Waals surface area contributed by atoms with Crippen molar-refractivity contribution in [3.63, 3.8) is 0 Å². The van der Waals surface area contributed by atoms with Crippen molar-refractivity contribution in [3.8, 4) is 11.6 Å². The van der Waals surface area contributed by atoms with Crippen LogP contribution in [0.2, 0.25) is 0 Å². The van der Waals surface area contributed by atoms with Crippen molar-refractivity contribution in [3.05, 3.63) is 57.8 Å². The maximum absolute atomic E-state index is 12.5. The predicted molar refractivity (Wildman–Crippen MR) is 118 cm³/mol. The van der Waals surface area contributed by atoms with E-state index in [9.17, 15) is 4.79 Å². The molecule has 5 rings (SSSR count). The van der Waals surface area contributed by atoms with E-state index in [0.717, 1.165) is 23.4 Å². The van der Waals surface area contributed by atoms with Crippen LogP contribution in [0.4, 0.5) is 5.82 Å². The van der Waals surface area contributed by atoms with Crippen LogP contribution in [0.15, 0.2) is 35.1 Å².